The number of anilines is 1. The Balaban J connectivity index is 0.000000810. The molecule has 1 heterocycles. The van der Waals surface area contributed by atoms with Crippen molar-refractivity contribution in [1.29, 1.82) is 0 Å². The number of halogens is 3. The van der Waals surface area contributed by atoms with Crippen LogP contribution in [0.4, 0.5) is 10.1 Å². The summed E-state index contributed by atoms with van der Waals surface area (Å²) in [5.74, 6) is -0.531. The van der Waals surface area contributed by atoms with Crippen LogP contribution in [0.2, 0.25) is 0 Å². The smallest absolute Gasteiger partial charge is 0.214 e. The molecule has 0 amide bonds. The number of rotatable bonds is 0. The number of hydrogen-bond donors (Lipinski definition) is 1. The molecule has 0 spiro atoms. The van der Waals surface area contributed by atoms with Gasteiger partial charge in [0.25, 0.3) is 0 Å². The highest BCUT2D eigenvalue weighted by Gasteiger charge is 1.95. The molecule has 0 fully saturated rings. The second-order valence-corrected chi connectivity index (χ2v) is 2.38. The third-order valence-corrected chi connectivity index (χ3v) is 1.54. The van der Waals surface area contributed by atoms with Gasteiger partial charge < -0.3 is 5.73 Å². The normalized spacial score (nSPS) is 8.60. The molecule has 1 aromatic heterocycles. The fraction of sp³-hybridized carbons (Fsp3) is 0. The molecule has 0 radical (unpaired) electrons. The van der Waals surface area contributed by atoms with Gasteiger partial charge in [0.15, 0.2) is 0 Å². The summed E-state index contributed by atoms with van der Waals surface area (Å²) < 4.78 is 12.7. The Hall–Kier alpha value is -0.160. The summed E-state index contributed by atoms with van der Waals surface area (Å²) in [6.07, 6.45) is 1.26. The van der Waals surface area contributed by atoms with Crippen molar-refractivity contribution in [1.82, 2.24) is 4.98 Å². The molecule has 56 valence electrons. The SMILES string of the molecule is Br.Nc1cnc(F)cc1Br. The van der Waals surface area contributed by atoms with E-state index in [4.69, 9.17) is 5.73 Å². The van der Waals surface area contributed by atoms with Gasteiger partial charge in [-0.15, -0.1) is 17.0 Å². The fourth-order valence-corrected chi connectivity index (χ4v) is 0.709. The molecule has 0 aromatic carbocycles. The van der Waals surface area contributed by atoms with E-state index in [2.05, 4.69) is 20.9 Å². The summed E-state index contributed by atoms with van der Waals surface area (Å²) in [6, 6.07) is 1.22. The largest absolute Gasteiger partial charge is 0.397 e. The molecule has 0 aliphatic carbocycles. The van der Waals surface area contributed by atoms with E-state index < -0.39 is 5.95 Å². The third kappa shape index (κ3) is 2.22. The molecule has 1 rings (SSSR count). The van der Waals surface area contributed by atoms with E-state index in [1.54, 1.807) is 0 Å². The minimum absolute atomic E-state index is 0. The number of nitrogens with zero attached hydrogens (tertiary/aromatic N) is 1. The van der Waals surface area contributed by atoms with Crippen LogP contribution in [0.3, 0.4) is 0 Å². The van der Waals surface area contributed by atoms with Gasteiger partial charge in [-0.3, -0.25) is 0 Å². The van der Waals surface area contributed by atoms with Crippen LogP contribution in [0.5, 0.6) is 0 Å². The summed E-state index contributed by atoms with van der Waals surface area (Å²) in [6.45, 7) is 0. The van der Waals surface area contributed by atoms with Crippen molar-refractivity contribution in [3.63, 3.8) is 0 Å². The maximum Gasteiger partial charge on any atom is 0.214 e. The molecule has 1 aromatic rings. The number of nitrogens with two attached hydrogens (primary N) is 1. The fourth-order valence-electron chi connectivity index (χ4n) is 0.418. The Labute approximate surface area is 76.5 Å². The molecule has 0 aliphatic rings. The van der Waals surface area contributed by atoms with Crippen LogP contribution in [-0.2, 0) is 0 Å². The predicted octanol–water partition coefficient (Wildman–Crippen LogP) is 2.14. The van der Waals surface area contributed by atoms with Crippen molar-refractivity contribution in [2.24, 2.45) is 0 Å². The lowest BCUT2D eigenvalue weighted by Crippen LogP contribution is -1.89. The van der Waals surface area contributed by atoms with Gasteiger partial charge in [-0.05, 0) is 15.9 Å². The minimum Gasteiger partial charge on any atom is -0.397 e. The second-order valence-electron chi connectivity index (χ2n) is 1.53. The van der Waals surface area contributed by atoms with Gasteiger partial charge in [-0.25, -0.2) is 4.98 Å². The molecule has 0 saturated carbocycles. The van der Waals surface area contributed by atoms with E-state index in [0.29, 0.717) is 10.2 Å². The summed E-state index contributed by atoms with van der Waals surface area (Å²) in [4.78, 5) is 3.32. The first-order valence-corrected chi connectivity index (χ1v) is 3.06. The Morgan fingerprint density at radius 1 is 1.60 bits per heavy atom. The van der Waals surface area contributed by atoms with E-state index in [1.807, 2.05) is 0 Å². The van der Waals surface area contributed by atoms with Crippen LogP contribution >= 0.6 is 32.9 Å². The van der Waals surface area contributed by atoms with E-state index in [9.17, 15) is 4.39 Å². The second kappa shape index (κ2) is 3.88. The number of nitrogen functional groups attached to an aromatic ring is 1. The highest BCUT2D eigenvalue weighted by Crippen LogP contribution is 2.17. The van der Waals surface area contributed by atoms with Gasteiger partial charge in [0.05, 0.1) is 11.9 Å². The lowest BCUT2D eigenvalue weighted by Gasteiger charge is -1.93. The Morgan fingerprint density at radius 2 is 2.20 bits per heavy atom. The lowest BCUT2D eigenvalue weighted by molar-refractivity contribution is 0.583. The van der Waals surface area contributed by atoms with Crippen molar-refractivity contribution in [3.05, 3.63) is 22.7 Å². The summed E-state index contributed by atoms with van der Waals surface area (Å²) in [5.41, 5.74) is 5.75. The lowest BCUT2D eigenvalue weighted by atomic mass is 10.4. The van der Waals surface area contributed by atoms with Crippen molar-refractivity contribution >= 4 is 38.6 Å². The van der Waals surface area contributed by atoms with Crippen LogP contribution in [-0.4, -0.2) is 4.98 Å². The first kappa shape index (κ1) is 9.84. The molecule has 0 unspecified atom stereocenters. The Kier molecular flexibility index (Phi) is 3.81. The van der Waals surface area contributed by atoms with Crippen LogP contribution < -0.4 is 5.73 Å². The van der Waals surface area contributed by atoms with Crippen LogP contribution in [0.25, 0.3) is 0 Å². The zero-order chi connectivity index (χ0) is 6.85. The zero-order valence-corrected chi connectivity index (χ0v) is 8.14. The summed E-state index contributed by atoms with van der Waals surface area (Å²) in [5, 5.41) is 0. The monoisotopic (exact) mass is 270 g/mol. The van der Waals surface area contributed by atoms with Crippen LogP contribution in [0.15, 0.2) is 16.7 Å². The van der Waals surface area contributed by atoms with Gasteiger partial charge in [0, 0.05) is 10.5 Å². The van der Waals surface area contributed by atoms with Crippen molar-refractivity contribution in [2.45, 2.75) is 0 Å². The number of aromatic nitrogens is 1. The highest BCUT2D eigenvalue weighted by atomic mass is 79.9. The molecule has 2 nitrogen and oxygen atoms in total. The van der Waals surface area contributed by atoms with Crippen molar-refractivity contribution < 1.29 is 4.39 Å². The highest BCUT2D eigenvalue weighted by molar-refractivity contribution is 9.10. The van der Waals surface area contributed by atoms with E-state index in [1.165, 1.54) is 12.3 Å². The first-order valence-electron chi connectivity index (χ1n) is 2.26. The molecule has 0 bridgehead atoms. The Bertz CT molecular complexity index is 229. The maximum absolute atomic E-state index is 12.2. The van der Waals surface area contributed by atoms with Crippen LogP contribution in [0, 0.1) is 5.95 Å². The van der Waals surface area contributed by atoms with Crippen molar-refractivity contribution in [2.75, 3.05) is 5.73 Å². The average molecular weight is 272 g/mol. The molecular formula is C5H5Br2FN2. The molecule has 0 aliphatic heterocycles. The maximum atomic E-state index is 12.2. The quantitative estimate of drug-likeness (QED) is 0.735. The minimum atomic E-state index is -0.531. The number of pyridine rings is 1. The molecular weight excluding hydrogens is 267 g/mol. The average Bonchev–Trinajstić information content (AvgIpc) is 1.80. The summed E-state index contributed by atoms with van der Waals surface area (Å²) in [7, 11) is 0. The van der Waals surface area contributed by atoms with E-state index >= 15 is 0 Å². The predicted molar refractivity (Wildman–Crippen MR) is 46.6 cm³/mol. The third-order valence-electron chi connectivity index (χ3n) is 0.849. The summed E-state index contributed by atoms with van der Waals surface area (Å²) >= 11 is 3.04. The molecule has 2 N–H and O–H groups in total. The van der Waals surface area contributed by atoms with Crippen LogP contribution in [0.1, 0.15) is 0 Å². The van der Waals surface area contributed by atoms with Gasteiger partial charge in [-0.2, -0.15) is 4.39 Å². The Morgan fingerprint density at radius 3 is 2.60 bits per heavy atom. The van der Waals surface area contributed by atoms with E-state index in [0.717, 1.165) is 0 Å². The molecule has 0 saturated heterocycles. The van der Waals surface area contributed by atoms with Gasteiger partial charge in [-0.1, -0.05) is 0 Å². The zero-order valence-electron chi connectivity index (χ0n) is 4.84. The topological polar surface area (TPSA) is 38.9 Å². The van der Waals surface area contributed by atoms with Crippen molar-refractivity contribution in [3.8, 4) is 0 Å². The number of hydrogen-bond acceptors (Lipinski definition) is 2. The molecule has 5 heteroatoms. The first-order chi connectivity index (χ1) is 4.20. The van der Waals surface area contributed by atoms with Gasteiger partial charge in [0.1, 0.15) is 0 Å². The molecule has 0 atom stereocenters. The van der Waals surface area contributed by atoms with Gasteiger partial charge >= 0.3 is 0 Å². The standard InChI is InChI=1S/C5H4BrFN2.BrH/c6-3-1-5(7)9-2-4(3)8;/h1-2H,8H2;1H. The van der Waals surface area contributed by atoms with Gasteiger partial charge in [0.2, 0.25) is 5.95 Å². The van der Waals surface area contributed by atoms with E-state index in [-0.39, 0.29) is 17.0 Å². The molecule has 10 heavy (non-hydrogen) atoms.